The molecule has 0 spiro atoms. The fraction of sp³-hybridized carbons (Fsp3) is 0.300. The molecule has 70 valence electrons. The van der Waals surface area contributed by atoms with E-state index in [1.807, 2.05) is 31.2 Å². The molecule has 3 nitrogen and oxygen atoms in total. The van der Waals surface area contributed by atoms with Gasteiger partial charge in [0.2, 0.25) is 0 Å². The number of amidine groups is 1. The minimum atomic E-state index is 0.1000. The first kappa shape index (κ1) is 9.74. The van der Waals surface area contributed by atoms with Crippen molar-refractivity contribution in [1.82, 2.24) is 0 Å². The summed E-state index contributed by atoms with van der Waals surface area (Å²) in [6, 6.07) is 7.51. The molecule has 1 aromatic rings. The topological polar surface area (TPSA) is 59.1 Å². The van der Waals surface area contributed by atoms with Crippen molar-refractivity contribution in [2.24, 2.45) is 5.73 Å². The second-order valence-corrected chi connectivity index (χ2v) is 2.75. The van der Waals surface area contributed by atoms with Gasteiger partial charge in [0.15, 0.2) is 0 Å². The Balaban J connectivity index is 2.64. The molecule has 0 amide bonds. The van der Waals surface area contributed by atoms with Crippen LogP contribution in [0.15, 0.2) is 24.3 Å². The predicted octanol–water partition coefficient (Wildman–Crippen LogP) is 1.51. The number of nitrogens with two attached hydrogens (primary N) is 1. The molecule has 13 heavy (non-hydrogen) atoms. The third-order valence-corrected chi connectivity index (χ3v) is 1.74. The largest absolute Gasteiger partial charge is 0.384 e. The van der Waals surface area contributed by atoms with E-state index >= 15 is 0 Å². The Hall–Kier alpha value is -1.35. The lowest BCUT2D eigenvalue weighted by molar-refractivity contribution is 0.134. The van der Waals surface area contributed by atoms with E-state index in [9.17, 15) is 0 Å². The summed E-state index contributed by atoms with van der Waals surface area (Å²) >= 11 is 0. The maximum atomic E-state index is 7.19. The van der Waals surface area contributed by atoms with Gasteiger partial charge in [-0.3, -0.25) is 5.41 Å². The standard InChI is InChI=1S/C10H14N2O/c1-2-13-7-8-3-5-9(6-4-8)10(11)12/h3-6H,2,7H2,1H3,(H3,11,12). The average Bonchev–Trinajstić information content (AvgIpc) is 2.15. The molecule has 0 bridgehead atoms. The monoisotopic (exact) mass is 178 g/mol. The molecule has 0 aromatic heterocycles. The van der Waals surface area contributed by atoms with Gasteiger partial charge in [0.1, 0.15) is 5.84 Å². The Morgan fingerprint density at radius 1 is 1.38 bits per heavy atom. The molecule has 3 N–H and O–H groups in total. The van der Waals surface area contributed by atoms with Gasteiger partial charge in [-0.2, -0.15) is 0 Å². The number of nitrogens with one attached hydrogen (secondary N) is 1. The van der Waals surface area contributed by atoms with Gasteiger partial charge in [-0.05, 0) is 12.5 Å². The fourth-order valence-electron chi connectivity index (χ4n) is 1.00. The first-order valence-electron chi connectivity index (χ1n) is 4.25. The third-order valence-electron chi connectivity index (χ3n) is 1.74. The Kier molecular flexibility index (Phi) is 3.46. The van der Waals surface area contributed by atoms with Gasteiger partial charge in [0.25, 0.3) is 0 Å². The molecular formula is C10H14N2O. The van der Waals surface area contributed by atoms with E-state index in [4.69, 9.17) is 15.9 Å². The first-order chi connectivity index (χ1) is 6.24. The smallest absolute Gasteiger partial charge is 0.122 e. The molecule has 1 aromatic carbocycles. The van der Waals surface area contributed by atoms with Crippen LogP contribution >= 0.6 is 0 Å². The van der Waals surface area contributed by atoms with Crippen molar-refractivity contribution in [3.8, 4) is 0 Å². The van der Waals surface area contributed by atoms with Crippen LogP contribution in [0.1, 0.15) is 18.1 Å². The quantitative estimate of drug-likeness (QED) is 0.542. The normalized spacial score (nSPS) is 9.92. The van der Waals surface area contributed by atoms with Crippen LogP contribution in [0.3, 0.4) is 0 Å². The Morgan fingerprint density at radius 2 is 2.00 bits per heavy atom. The molecule has 1 rings (SSSR count). The molecule has 0 radical (unpaired) electrons. The van der Waals surface area contributed by atoms with Crippen molar-refractivity contribution in [2.75, 3.05) is 6.61 Å². The number of benzene rings is 1. The summed E-state index contributed by atoms with van der Waals surface area (Å²) in [5.74, 6) is 0.1000. The van der Waals surface area contributed by atoms with Crippen LogP contribution < -0.4 is 5.73 Å². The zero-order valence-electron chi connectivity index (χ0n) is 7.71. The molecule has 0 atom stereocenters. The van der Waals surface area contributed by atoms with Gasteiger partial charge in [-0.1, -0.05) is 24.3 Å². The van der Waals surface area contributed by atoms with Gasteiger partial charge in [0.05, 0.1) is 6.61 Å². The number of ether oxygens (including phenoxy) is 1. The first-order valence-corrected chi connectivity index (χ1v) is 4.25. The number of rotatable bonds is 4. The van der Waals surface area contributed by atoms with Gasteiger partial charge >= 0.3 is 0 Å². The van der Waals surface area contributed by atoms with Crippen molar-refractivity contribution < 1.29 is 4.74 Å². The minimum Gasteiger partial charge on any atom is -0.384 e. The zero-order valence-corrected chi connectivity index (χ0v) is 7.71. The van der Waals surface area contributed by atoms with Crippen LogP contribution in [0.2, 0.25) is 0 Å². The van der Waals surface area contributed by atoms with Gasteiger partial charge < -0.3 is 10.5 Å². The molecule has 0 fully saturated rings. The van der Waals surface area contributed by atoms with E-state index in [1.54, 1.807) is 0 Å². The maximum Gasteiger partial charge on any atom is 0.122 e. The van der Waals surface area contributed by atoms with E-state index in [0.717, 1.165) is 11.1 Å². The van der Waals surface area contributed by atoms with Crippen molar-refractivity contribution in [3.05, 3.63) is 35.4 Å². The molecular weight excluding hydrogens is 164 g/mol. The van der Waals surface area contributed by atoms with Crippen LogP contribution in [0.5, 0.6) is 0 Å². The Bertz CT molecular complexity index is 279. The van der Waals surface area contributed by atoms with E-state index < -0.39 is 0 Å². The van der Waals surface area contributed by atoms with E-state index in [-0.39, 0.29) is 5.84 Å². The summed E-state index contributed by atoms with van der Waals surface area (Å²) in [5, 5.41) is 7.19. The minimum absolute atomic E-state index is 0.1000. The van der Waals surface area contributed by atoms with E-state index in [2.05, 4.69) is 0 Å². The highest BCUT2D eigenvalue weighted by Crippen LogP contribution is 2.04. The molecule has 0 unspecified atom stereocenters. The Labute approximate surface area is 78.0 Å². The summed E-state index contributed by atoms with van der Waals surface area (Å²) in [7, 11) is 0. The molecule has 0 aliphatic carbocycles. The van der Waals surface area contributed by atoms with Crippen molar-refractivity contribution in [2.45, 2.75) is 13.5 Å². The molecule has 0 aliphatic rings. The number of hydrogen-bond acceptors (Lipinski definition) is 2. The second kappa shape index (κ2) is 4.62. The summed E-state index contributed by atoms with van der Waals surface area (Å²) in [6.45, 7) is 3.30. The summed E-state index contributed by atoms with van der Waals surface area (Å²) in [5.41, 5.74) is 7.17. The summed E-state index contributed by atoms with van der Waals surface area (Å²) < 4.78 is 5.23. The molecule has 0 saturated heterocycles. The lowest BCUT2D eigenvalue weighted by atomic mass is 10.1. The maximum absolute atomic E-state index is 7.19. The third kappa shape index (κ3) is 2.87. The van der Waals surface area contributed by atoms with Gasteiger partial charge in [-0.15, -0.1) is 0 Å². The SMILES string of the molecule is CCOCc1ccc(C(=N)N)cc1. The van der Waals surface area contributed by atoms with Crippen molar-refractivity contribution >= 4 is 5.84 Å². The lowest BCUT2D eigenvalue weighted by Crippen LogP contribution is -2.10. The Morgan fingerprint density at radius 3 is 2.46 bits per heavy atom. The van der Waals surface area contributed by atoms with Crippen molar-refractivity contribution in [3.63, 3.8) is 0 Å². The summed E-state index contributed by atoms with van der Waals surface area (Å²) in [6.07, 6.45) is 0. The second-order valence-electron chi connectivity index (χ2n) is 2.75. The fourth-order valence-corrected chi connectivity index (χ4v) is 1.00. The summed E-state index contributed by atoms with van der Waals surface area (Å²) in [4.78, 5) is 0. The highest BCUT2D eigenvalue weighted by molar-refractivity contribution is 5.94. The predicted molar refractivity (Wildman–Crippen MR) is 52.8 cm³/mol. The van der Waals surface area contributed by atoms with Gasteiger partial charge in [-0.25, -0.2) is 0 Å². The van der Waals surface area contributed by atoms with Crippen LogP contribution in [-0.2, 0) is 11.3 Å². The van der Waals surface area contributed by atoms with Crippen molar-refractivity contribution in [1.29, 1.82) is 5.41 Å². The molecule has 0 saturated carbocycles. The van der Waals surface area contributed by atoms with E-state index in [0.29, 0.717) is 13.2 Å². The van der Waals surface area contributed by atoms with Gasteiger partial charge in [0, 0.05) is 12.2 Å². The molecule has 0 heterocycles. The zero-order chi connectivity index (χ0) is 9.68. The molecule has 3 heteroatoms. The number of nitrogen functional groups attached to an aromatic ring is 1. The highest BCUT2D eigenvalue weighted by Gasteiger charge is 1.96. The highest BCUT2D eigenvalue weighted by atomic mass is 16.5. The van der Waals surface area contributed by atoms with E-state index in [1.165, 1.54) is 0 Å². The lowest BCUT2D eigenvalue weighted by Gasteiger charge is -2.02. The van der Waals surface area contributed by atoms with Crippen LogP contribution in [-0.4, -0.2) is 12.4 Å². The molecule has 0 aliphatic heterocycles. The van der Waals surface area contributed by atoms with Crippen LogP contribution in [0, 0.1) is 5.41 Å². The average molecular weight is 178 g/mol. The van der Waals surface area contributed by atoms with Crippen LogP contribution in [0.25, 0.3) is 0 Å². The van der Waals surface area contributed by atoms with Crippen LogP contribution in [0.4, 0.5) is 0 Å². The number of hydrogen-bond donors (Lipinski definition) is 2.